The molecule has 0 aromatic carbocycles. The summed E-state index contributed by atoms with van der Waals surface area (Å²) in [4.78, 5) is 15.3. The van der Waals surface area contributed by atoms with E-state index in [2.05, 4.69) is 10.1 Å². The Balaban J connectivity index is 2.03. The van der Waals surface area contributed by atoms with E-state index < -0.39 is 5.60 Å². The maximum absolute atomic E-state index is 11.2. The topological polar surface area (TPSA) is 77.2 Å². The van der Waals surface area contributed by atoms with E-state index in [1.807, 2.05) is 11.6 Å². The summed E-state index contributed by atoms with van der Waals surface area (Å²) in [5, 5.41) is 15.0. The number of ether oxygens (including phenoxy) is 1. The van der Waals surface area contributed by atoms with Gasteiger partial charge in [-0.3, -0.25) is 9.48 Å². The molecule has 7 heteroatoms. The number of rotatable bonds is 4. The number of nitrogens with zero attached hydrogens (tertiary/aromatic N) is 3. The molecule has 1 saturated carbocycles. The summed E-state index contributed by atoms with van der Waals surface area (Å²) < 4.78 is 7.02. The van der Waals surface area contributed by atoms with Gasteiger partial charge in [0.1, 0.15) is 5.69 Å². The van der Waals surface area contributed by atoms with Crippen molar-refractivity contribution in [2.45, 2.75) is 44.2 Å². The molecule has 0 amide bonds. The fourth-order valence-electron chi connectivity index (χ4n) is 3.15. The van der Waals surface area contributed by atoms with Crippen molar-refractivity contribution in [2.75, 3.05) is 7.11 Å². The van der Waals surface area contributed by atoms with Crippen LogP contribution < -0.4 is 4.74 Å². The molecule has 0 atom stereocenters. The van der Waals surface area contributed by atoms with Crippen molar-refractivity contribution in [3.8, 4) is 17.1 Å². The molecule has 0 aliphatic heterocycles. The van der Waals surface area contributed by atoms with Crippen molar-refractivity contribution in [3.05, 3.63) is 29.0 Å². The van der Waals surface area contributed by atoms with Crippen molar-refractivity contribution < 1.29 is 14.6 Å². The first-order valence-electron chi connectivity index (χ1n) is 7.90. The second-order valence-electron chi connectivity index (χ2n) is 6.45. The average molecular weight is 350 g/mol. The van der Waals surface area contributed by atoms with E-state index in [0.29, 0.717) is 29.4 Å². The van der Waals surface area contributed by atoms with Gasteiger partial charge in [-0.25, -0.2) is 4.98 Å². The Morgan fingerprint density at radius 1 is 1.42 bits per heavy atom. The SMILES string of the molecule is COc1cc(-c2cc(C=O)nn2C2CCC(C)(O)CC2)c(Cl)cn1. The van der Waals surface area contributed by atoms with Crippen molar-refractivity contribution in [2.24, 2.45) is 0 Å². The number of hydrogen-bond acceptors (Lipinski definition) is 5. The zero-order valence-corrected chi connectivity index (χ0v) is 14.5. The lowest BCUT2D eigenvalue weighted by atomic mass is 9.83. The summed E-state index contributed by atoms with van der Waals surface area (Å²) in [7, 11) is 1.54. The van der Waals surface area contributed by atoms with Crippen LogP contribution in [0.25, 0.3) is 11.3 Å². The lowest BCUT2D eigenvalue weighted by Gasteiger charge is -2.33. The number of carbonyl (C=O) groups is 1. The van der Waals surface area contributed by atoms with Crippen LogP contribution in [-0.4, -0.2) is 38.9 Å². The number of aldehydes is 1. The normalized spacial score (nSPS) is 23.9. The third-order valence-corrected chi connectivity index (χ3v) is 4.87. The molecule has 1 aliphatic rings. The number of carbonyl (C=O) groups excluding carboxylic acids is 1. The predicted molar refractivity (Wildman–Crippen MR) is 90.5 cm³/mol. The summed E-state index contributed by atoms with van der Waals surface area (Å²) in [5.74, 6) is 0.446. The quantitative estimate of drug-likeness (QED) is 0.857. The highest BCUT2D eigenvalue weighted by molar-refractivity contribution is 6.33. The maximum Gasteiger partial charge on any atom is 0.213 e. The van der Waals surface area contributed by atoms with Crippen LogP contribution in [0.3, 0.4) is 0 Å². The van der Waals surface area contributed by atoms with Gasteiger partial charge in [0.2, 0.25) is 5.88 Å². The first-order valence-corrected chi connectivity index (χ1v) is 8.28. The van der Waals surface area contributed by atoms with Gasteiger partial charge >= 0.3 is 0 Å². The van der Waals surface area contributed by atoms with Gasteiger partial charge in [-0.2, -0.15) is 5.10 Å². The Morgan fingerprint density at radius 2 is 2.12 bits per heavy atom. The third kappa shape index (κ3) is 3.30. The van der Waals surface area contributed by atoms with Crippen LogP contribution in [0.1, 0.15) is 49.1 Å². The van der Waals surface area contributed by atoms with Gasteiger partial charge in [-0.15, -0.1) is 0 Å². The lowest BCUT2D eigenvalue weighted by molar-refractivity contribution is 0.00868. The Kier molecular flexibility index (Phi) is 4.60. The highest BCUT2D eigenvalue weighted by Crippen LogP contribution is 2.38. The highest BCUT2D eigenvalue weighted by atomic mass is 35.5. The molecule has 1 fully saturated rings. The molecule has 0 spiro atoms. The van der Waals surface area contributed by atoms with Crippen molar-refractivity contribution in [3.63, 3.8) is 0 Å². The molecule has 0 unspecified atom stereocenters. The van der Waals surface area contributed by atoms with E-state index in [1.54, 1.807) is 12.1 Å². The van der Waals surface area contributed by atoms with E-state index in [-0.39, 0.29) is 6.04 Å². The number of methoxy groups -OCH3 is 1. The molecule has 0 saturated heterocycles. The molecule has 2 aromatic rings. The number of hydrogen-bond donors (Lipinski definition) is 1. The van der Waals surface area contributed by atoms with Crippen LogP contribution in [0.15, 0.2) is 18.3 Å². The van der Waals surface area contributed by atoms with Crippen molar-refractivity contribution >= 4 is 17.9 Å². The summed E-state index contributed by atoms with van der Waals surface area (Å²) in [5.41, 5.74) is 1.21. The fourth-order valence-corrected chi connectivity index (χ4v) is 3.35. The largest absolute Gasteiger partial charge is 0.481 e. The Labute approximate surface area is 145 Å². The van der Waals surface area contributed by atoms with E-state index in [4.69, 9.17) is 16.3 Å². The highest BCUT2D eigenvalue weighted by Gasteiger charge is 2.31. The molecule has 3 rings (SSSR count). The van der Waals surface area contributed by atoms with Gasteiger partial charge in [0.25, 0.3) is 0 Å². The fraction of sp³-hybridized carbons (Fsp3) is 0.471. The Bertz CT molecular complexity index is 748. The number of aliphatic hydroxyl groups is 1. The smallest absolute Gasteiger partial charge is 0.213 e. The van der Waals surface area contributed by atoms with Crippen LogP contribution >= 0.6 is 11.6 Å². The number of pyridine rings is 1. The summed E-state index contributed by atoms with van der Waals surface area (Å²) in [6.07, 6.45) is 5.23. The number of aromatic nitrogens is 3. The molecule has 2 heterocycles. The molecule has 24 heavy (non-hydrogen) atoms. The molecule has 1 aliphatic carbocycles. The van der Waals surface area contributed by atoms with Crippen molar-refractivity contribution in [1.82, 2.24) is 14.8 Å². The van der Waals surface area contributed by atoms with Crippen LogP contribution in [0.5, 0.6) is 5.88 Å². The van der Waals surface area contributed by atoms with Gasteiger partial charge in [0.15, 0.2) is 6.29 Å². The van der Waals surface area contributed by atoms with Crippen LogP contribution in [0.4, 0.5) is 0 Å². The van der Waals surface area contributed by atoms with E-state index in [1.165, 1.54) is 13.3 Å². The first-order chi connectivity index (χ1) is 11.4. The molecule has 6 nitrogen and oxygen atoms in total. The van der Waals surface area contributed by atoms with Crippen LogP contribution in [0.2, 0.25) is 5.02 Å². The molecular formula is C17H20ClN3O3. The van der Waals surface area contributed by atoms with E-state index >= 15 is 0 Å². The predicted octanol–water partition coefficient (Wildman–Crippen LogP) is 3.29. The lowest BCUT2D eigenvalue weighted by Crippen LogP contribution is -2.31. The minimum Gasteiger partial charge on any atom is -0.481 e. The van der Waals surface area contributed by atoms with E-state index in [0.717, 1.165) is 30.4 Å². The Hall–Kier alpha value is -1.92. The average Bonchev–Trinajstić information content (AvgIpc) is 2.99. The second-order valence-corrected chi connectivity index (χ2v) is 6.86. The standard InChI is InChI=1S/C17H20ClN3O3/c1-17(23)5-3-12(4-6-17)21-15(7-11(10-22)20-21)13-8-16(24-2)19-9-14(13)18/h7-10,12,23H,3-6H2,1-2H3. The molecule has 128 valence electrons. The van der Waals surface area contributed by atoms with Gasteiger partial charge in [-0.05, 0) is 38.7 Å². The molecular weight excluding hydrogens is 330 g/mol. The monoisotopic (exact) mass is 349 g/mol. The second kappa shape index (κ2) is 6.53. The van der Waals surface area contributed by atoms with Gasteiger partial charge < -0.3 is 9.84 Å². The molecule has 0 bridgehead atoms. The first kappa shape index (κ1) is 16.9. The summed E-state index contributed by atoms with van der Waals surface area (Å²) in [6.45, 7) is 1.86. The minimum absolute atomic E-state index is 0.115. The van der Waals surface area contributed by atoms with E-state index in [9.17, 15) is 9.90 Å². The van der Waals surface area contributed by atoms with Crippen molar-refractivity contribution in [1.29, 1.82) is 0 Å². The van der Waals surface area contributed by atoms with Crippen LogP contribution in [-0.2, 0) is 0 Å². The van der Waals surface area contributed by atoms with Gasteiger partial charge in [-0.1, -0.05) is 11.6 Å². The maximum atomic E-state index is 11.2. The van der Waals surface area contributed by atoms with Gasteiger partial charge in [0.05, 0.1) is 35.7 Å². The molecule has 0 radical (unpaired) electrons. The molecule has 1 N–H and O–H groups in total. The number of halogens is 1. The summed E-state index contributed by atoms with van der Waals surface area (Å²) >= 11 is 6.31. The zero-order chi connectivity index (χ0) is 17.3. The third-order valence-electron chi connectivity index (χ3n) is 4.57. The minimum atomic E-state index is -0.630. The zero-order valence-electron chi connectivity index (χ0n) is 13.7. The van der Waals surface area contributed by atoms with Gasteiger partial charge in [0, 0.05) is 11.6 Å². The Morgan fingerprint density at radius 3 is 2.75 bits per heavy atom. The van der Waals surface area contributed by atoms with Crippen LogP contribution in [0, 0.1) is 0 Å². The summed E-state index contributed by atoms with van der Waals surface area (Å²) in [6, 6.07) is 3.58. The molecule has 2 aromatic heterocycles.